The number of amides is 2. The minimum Gasteiger partial charge on any atom is -0.486 e. The predicted molar refractivity (Wildman–Crippen MR) is 128 cm³/mol. The van der Waals surface area contributed by atoms with Gasteiger partial charge in [-0.05, 0) is 78.3 Å². The van der Waals surface area contributed by atoms with Gasteiger partial charge >= 0.3 is 0 Å². The number of carbonyl (C=O) groups excluding carboxylic acids is 2. The van der Waals surface area contributed by atoms with Crippen molar-refractivity contribution in [3.8, 4) is 5.75 Å². The number of benzene rings is 2. The van der Waals surface area contributed by atoms with Crippen molar-refractivity contribution in [3.05, 3.63) is 88.6 Å². The molecule has 6 nitrogen and oxygen atoms in total. The summed E-state index contributed by atoms with van der Waals surface area (Å²) >= 11 is 0. The highest BCUT2D eigenvalue weighted by Gasteiger charge is 2.32. The van der Waals surface area contributed by atoms with Gasteiger partial charge in [0.1, 0.15) is 23.9 Å². The maximum absolute atomic E-state index is 14.1. The van der Waals surface area contributed by atoms with Crippen molar-refractivity contribution in [2.24, 2.45) is 5.92 Å². The quantitative estimate of drug-likeness (QED) is 0.496. The molecule has 1 aromatic heterocycles. The van der Waals surface area contributed by atoms with E-state index in [1.165, 1.54) is 25.0 Å². The molecule has 0 spiro atoms. The molecule has 0 radical (unpaired) electrons. The Morgan fingerprint density at radius 1 is 1.14 bits per heavy atom. The lowest BCUT2D eigenvalue weighted by Crippen LogP contribution is -2.40. The Labute approximate surface area is 204 Å². The highest BCUT2D eigenvalue weighted by Crippen LogP contribution is 2.38. The predicted octanol–water partition coefficient (Wildman–Crippen LogP) is 5.02. The summed E-state index contributed by atoms with van der Waals surface area (Å²) in [5.74, 6) is 1.52. The largest absolute Gasteiger partial charge is 0.486 e. The summed E-state index contributed by atoms with van der Waals surface area (Å²) in [6.07, 6.45) is 3.45. The van der Waals surface area contributed by atoms with Crippen molar-refractivity contribution in [3.63, 3.8) is 0 Å². The number of hydrogen-bond acceptors (Lipinski definition) is 4. The van der Waals surface area contributed by atoms with E-state index in [-0.39, 0.29) is 36.0 Å². The van der Waals surface area contributed by atoms with Crippen LogP contribution in [-0.2, 0) is 17.8 Å². The second-order valence-electron chi connectivity index (χ2n) is 9.22. The van der Waals surface area contributed by atoms with Crippen LogP contribution in [0, 0.1) is 11.7 Å². The standard InChI is InChI=1S/C28H29FN2O4/c1-2-26(32)31-13-12-19-8-9-22(15-24(19)27(31)20-4-3-5-21(29)14-20)34-17-23-10-11-25(35-23)28(33)30-16-18-6-7-18/h3-5,8-11,14-15,18,27H,2,6-7,12-13,16-17H2,1H3,(H,30,33)/t27-/m1/s1. The fraction of sp³-hybridized carbons (Fsp3) is 0.357. The van der Waals surface area contributed by atoms with Gasteiger partial charge in [-0.1, -0.05) is 25.1 Å². The molecule has 5 rings (SSSR count). The monoisotopic (exact) mass is 476 g/mol. The topological polar surface area (TPSA) is 71.8 Å². The molecule has 182 valence electrons. The number of ether oxygens (including phenoxy) is 1. The average Bonchev–Trinajstić information content (AvgIpc) is 3.59. The fourth-order valence-corrected chi connectivity index (χ4v) is 4.57. The first-order valence-corrected chi connectivity index (χ1v) is 12.2. The number of carbonyl (C=O) groups is 2. The lowest BCUT2D eigenvalue weighted by Gasteiger charge is -2.38. The van der Waals surface area contributed by atoms with E-state index in [9.17, 15) is 14.0 Å². The number of rotatable bonds is 8. The van der Waals surface area contributed by atoms with Crippen LogP contribution in [0.3, 0.4) is 0 Å². The lowest BCUT2D eigenvalue weighted by atomic mass is 9.87. The van der Waals surface area contributed by atoms with Crippen LogP contribution < -0.4 is 10.1 Å². The molecule has 1 aliphatic heterocycles. The van der Waals surface area contributed by atoms with Crippen molar-refractivity contribution >= 4 is 11.8 Å². The molecule has 1 saturated carbocycles. The highest BCUT2D eigenvalue weighted by molar-refractivity contribution is 5.91. The second-order valence-corrected chi connectivity index (χ2v) is 9.22. The smallest absolute Gasteiger partial charge is 0.287 e. The van der Waals surface area contributed by atoms with E-state index in [1.54, 1.807) is 18.2 Å². The van der Waals surface area contributed by atoms with Gasteiger partial charge in [-0.15, -0.1) is 0 Å². The van der Waals surface area contributed by atoms with Crippen molar-refractivity contribution in [1.29, 1.82) is 0 Å². The minimum absolute atomic E-state index is 0.0271. The molecule has 1 atom stereocenters. The molecule has 2 aromatic carbocycles. The van der Waals surface area contributed by atoms with Crippen LogP contribution in [0.5, 0.6) is 5.75 Å². The summed E-state index contributed by atoms with van der Waals surface area (Å²) < 4.78 is 25.7. The number of hydrogen-bond donors (Lipinski definition) is 1. The molecule has 2 amide bonds. The van der Waals surface area contributed by atoms with Crippen LogP contribution in [-0.4, -0.2) is 29.8 Å². The molecule has 1 aliphatic carbocycles. The molecule has 2 aliphatic rings. The number of fused-ring (bicyclic) bond motifs is 1. The molecule has 0 saturated heterocycles. The van der Waals surface area contributed by atoms with Crippen molar-refractivity contribution in [2.45, 2.75) is 45.3 Å². The van der Waals surface area contributed by atoms with Gasteiger partial charge in [0.15, 0.2) is 5.76 Å². The minimum atomic E-state index is -0.379. The molecular formula is C28H29FN2O4. The van der Waals surface area contributed by atoms with Crippen LogP contribution in [0.25, 0.3) is 0 Å². The van der Waals surface area contributed by atoms with E-state index in [4.69, 9.17) is 9.15 Å². The van der Waals surface area contributed by atoms with Crippen molar-refractivity contribution < 1.29 is 23.1 Å². The number of nitrogens with one attached hydrogen (secondary N) is 1. The molecule has 3 aromatic rings. The zero-order valence-corrected chi connectivity index (χ0v) is 19.8. The third-order valence-corrected chi connectivity index (χ3v) is 6.65. The Kier molecular flexibility index (Phi) is 6.57. The molecule has 35 heavy (non-hydrogen) atoms. The molecule has 0 bridgehead atoms. The molecule has 7 heteroatoms. The SMILES string of the molecule is CCC(=O)N1CCc2ccc(OCc3ccc(C(=O)NCC4CC4)o3)cc2[C@H]1c1cccc(F)c1. The molecule has 2 heterocycles. The van der Waals surface area contributed by atoms with E-state index in [1.807, 2.05) is 36.1 Å². The normalized spacial score (nSPS) is 17.1. The summed E-state index contributed by atoms with van der Waals surface area (Å²) in [6, 6.07) is 15.2. The lowest BCUT2D eigenvalue weighted by molar-refractivity contribution is -0.132. The Balaban J connectivity index is 1.34. The van der Waals surface area contributed by atoms with E-state index < -0.39 is 0 Å². The second kappa shape index (κ2) is 9.94. The van der Waals surface area contributed by atoms with E-state index in [0.29, 0.717) is 36.9 Å². The molecule has 1 N–H and O–H groups in total. The van der Waals surface area contributed by atoms with Gasteiger partial charge in [0.2, 0.25) is 5.91 Å². The zero-order chi connectivity index (χ0) is 24.4. The summed E-state index contributed by atoms with van der Waals surface area (Å²) in [5.41, 5.74) is 2.78. The number of furan rings is 1. The fourth-order valence-electron chi connectivity index (χ4n) is 4.57. The highest BCUT2D eigenvalue weighted by atomic mass is 19.1. The van der Waals surface area contributed by atoms with Gasteiger partial charge < -0.3 is 19.4 Å². The zero-order valence-electron chi connectivity index (χ0n) is 19.8. The van der Waals surface area contributed by atoms with Crippen LogP contribution in [0.1, 0.15) is 65.2 Å². The number of halogens is 1. The maximum Gasteiger partial charge on any atom is 0.287 e. The van der Waals surface area contributed by atoms with Crippen molar-refractivity contribution in [1.82, 2.24) is 10.2 Å². The summed E-state index contributed by atoms with van der Waals surface area (Å²) in [6.45, 7) is 3.27. The first kappa shape index (κ1) is 23.1. The van der Waals surface area contributed by atoms with Crippen LogP contribution in [0.4, 0.5) is 4.39 Å². The molecular weight excluding hydrogens is 447 g/mol. The van der Waals surface area contributed by atoms with E-state index >= 15 is 0 Å². The Morgan fingerprint density at radius 3 is 2.77 bits per heavy atom. The summed E-state index contributed by atoms with van der Waals surface area (Å²) in [7, 11) is 0. The molecule has 0 unspecified atom stereocenters. The van der Waals surface area contributed by atoms with Crippen LogP contribution in [0.2, 0.25) is 0 Å². The van der Waals surface area contributed by atoms with E-state index in [0.717, 1.165) is 23.1 Å². The number of nitrogens with zero attached hydrogens (tertiary/aromatic N) is 1. The Morgan fingerprint density at radius 2 is 2.00 bits per heavy atom. The van der Waals surface area contributed by atoms with Crippen molar-refractivity contribution in [2.75, 3.05) is 13.1 Å². The molecule has 1 fully saturated rings. The van der Waals surface area contributed by atoms with Gasteiger partial charge in [-0.3, -0.25) is 9.59 Å². The maximum atomic E-state index is 14.1. The Bertz CT molecular complexity index is 1230. The summed E-state index contributed by atoms with van der Waals surface area (Å²) in [5, 5.41) is 2.89. The van der Waals surface area contributed by atoms with Gasteiger partial charge in [0, 0.05) is 19.5 Å². The van der Waals surface area contributed by atoms with Crippen LogP contribution >= 0.6 is 0 Å². The van der Waals surface area contributed by atoms with Gasteiger partial charge in [0.25, 0.3) is 5.91 Å². The van der Waals surface area contributed by atoms with E-state index in [2.05, 4.69) is 5.32 Å². The average molecular weight is 477 g/mol. The third-order valence-electron chi connectivity index (χ3n) is 6.65. The Hall–Kier alpha value is -3.61. The first-order valence-electron chi connectivity index (χ1n) is 12.2. The first-order chi connectivity index (χ1) is 17.0. The summed E-state index contributed by atoms with van der Waals surface area (Å²) in [4.78, 5) is 26.8. The van der Waals surface area contributed by atoms with Crippen LogP contribution in [0.15, 0.2) is 59.0 Å². The van der Waals surface area contributed by atoms with Gasteiger partial charge in [0.05, 0.1) is 6.04 Å². The van der Waals surface area contributed by atoms with Gasteiger partial charge in [-0.25, -0.2) is 4.39 Å². The third kappa shape index (κ3) is 5.24. The van der Waals surface area contributed by atoms with Gasteiger partial charge in [-0.2, -0.15) is 0 Å².